The third kappa shape index (κ3) is 1.46. The fraction of sp³-hybridized carbons (Fsp3) is 0.143. The summed E-state index contributed by atoms with van der Waals surface area (Å²) in [6, 6.07) is 1.08. The molecule has 0 bridgehead atoms. The zero-order valence-electron chi connectivity index (χ0n) is 5.87. The molecule has 1 aromatic rings. The summed E-state index contributed by atoms with van der Waals surface area (Å²) in [4.78, 5) is 21.0. The second-order valence-corrected chi connectivity index (χ2v) is 1.83. The van der Waals surface area contributed by atoms with Crippen LogP contribution in [0.3, 0.4) is 0 Å². The van der Waals surface area contributed by atoms with E-state index in [0.29, 0.717) is 6.29 Å². The van der Waals surface area contributed by atoms with Crippen LogP contribution in [-0.2, 0) is 0 Å². The highest BCUT2D eigenvalue weighted by Gasteiger charge is 2.00. The molecule has 0 aliphatic heterocycles. The summed E-state index contributed by atoms with van der Waals surface area (Å²) >= 11 is 0. The summed E-state index contributed by atoms with van der Waals surface area (Å²) in [6.07, 6.45) is 1.56. The van der Waals surface area contributed by atoms with Gasteiger partial charge in [-0.15, -0.1) is 0 Å². The predicted molar refractivity (Wildman–Crippen MR) is 36.9 cm³/mol. The fourth-order valence-corrected chi connectivity index (χ4v) is 0.624. The first-order valence-corrected chi connectivity index (χ1v) is 2.90. The minimum atomic E-state index is -0.360. The summed E-state index contributed by atoms with van der Waals surface area (Å²) in [5.74, 6) is 0.0893. The number of rotatable bonds is 2. The maximum Gasteiger partial charge on any atom is 0.227 e. The largest absolute Gasteiger partial charge is 0.490 e. The van der Waals surface area contributed by atoms with E-state index in [1.54, 1.807) is 0 Å². The van der Waals surface area contributed by atoms with E-state index >= 15 is 0 Å². The van der Waals surface area contributed by atoms with Crippen molar-refractivity contribution < 1.29 is 13.9 Å². The van der Waals surface area contributed by atoms with Gasteiger partial charge in [0.15, 0.2) is 12.0 Å². The number of hydrogen-bond donors (Lipinski definition) is 0. The van der Waals surface area contributed by atoms with Crippen LogP contribution >= 0.6 is 0 Å². The van der Waals surface area contributed by atoms with Gasteiger partial charge in [-0.25, -0.2) is 0 Å². The van der Waals surface area contributed by atoms with Gasteiger partial charge in [-0.2, -0.15) is 0 Å². The van der Waals surface area contributed by atoms with E-state index in [4.69, 9.17) is 0 Å². The first-order valence-electron chi connectivity index (χ1n) is 2.90. The average molecular weight is 154 g/mol. The van der Waals surface area contributed by atoms with E-state index in [0.717, 1.165) is 12.3 Å². The zero-order chi connectivity index (χ0) is 8.27. The molecule has 0 spiro atoms. The van der Waals surface area contributed by atoms with E-state index < -0.39 is 0 Å². The van der Waals surface area contributed by atoms with Crippen molar-refractivity contribution in [3.63, 3.8) is 0 Å². The Bertz CT molecular complexity index is 312. The molecule has 0 saturated heterocycles. The van der Waals surface area contributed by atoms with E-state index in [9.17, 15) is 9.59 Å². The quantitative estimate of drug-likeness (QED) is 0.580. The number of aldehydes is 1. The fourth-order valence-electron chi connectivity index (χ4n) is 0.624. The molecule has 0 aliphatic rings. The molecule has 0 atom stereocenters. The Labute approximate surface area is 62.4 Å². The average Bonchev–Trinajstić information content (AvgIpc) is 2.04. The molecule has 58 valence electrons. The molecule has 0 unspecified atom stereocenters. The summed E-state index contributed by atoms with van der Waals surface area (Å²) in [6.45, 7) is 0. The molecule has 1 heterocycles. The van der Waals surface area contributed by atoms with Crippen molar-refractivity contribution in [3.8, 4) is 5.75 Å². The van der Waals surface area contributed by atoms with Crippen LogP contribution in [0.15, 0.2) is 21.5 Å². The van der Waals surface area contributed by atoms with Crippen LogP contribution in [0, 0.1) is 0 Å². The van der Waals surface area contributed by atoms with Crippen LogP contribution in [-0.4, -0.2) is 13.4 Å². The van der Waals surface area contributed by atoms with Crippen molar-refractivity contribution >= 4 is 6.29 Å². The molecule has 0 amide bonds. The van der Waals surface area contributed by atoms with E-state index in [1.165, 1.54) is 7.11 Å². The molecule has 0 radical (unpaired) electrons. The predicted octanol–water partition coefficient (Wildman–Crippen LogP) is 0.461. The van der Waals surface area contributed by atoms with E-state index in [2.05, 4.69) is 9.15 Å². The van der Waals surface area contributed by atoms with Gasteiger partial charge in [0.2, 0.25) is 11.2 Å². The third-order valence-electron chi connectivity index (χ3n) is 1.15. The molecule has 0 saturated carbocycles. The number of ether oxygens (including phenoxy) is 1. The van der Waals surface area contributed by atoms with Crippen LogP contribution in [0.1, 0.15) is 10.6 Å². The number of methoxy groups -OCH3 is 1. The Balaban J connectivity index is 3.20. The molecule has 0 aromatic carbocycles. The second-order valence-electron chi connectivity index (χ2n) is 1.83. The van der Waals surface area contributed by atoms with Crippen LogP contribution in [0.25, 0.3) is 0 Å². The Morgan fingerprint density at radius 1 is 1.64 bits per heavy atom. The molecule has 1 rings (SSSR count). The van der Waals surface area contributed by atoms with Gasteiger partial charge >= 0.3 is 0 Å². The highest BCUT2D eigenvalue weighted by Crippen LogP contribution is 2.02. The van der Waals surface area contributed by atoms with Gasteiger partial charge in [0.25, 0.3) is 0 Å². The van der Waals surface area contributed by atoms with Crippen molar-refractivity contribution in [1.82, 2.24) is 0 Å². The highest BCUT2D eigenvalue weighted by molar-refractivity contribution is 5.70. The van der Waals surface area contributed by atoms with Crippen molar-refractivity contribution in [3.05, 3.63) is 28.3 Å². The molecule has 0 aliphatic carbocycles. The monoisotopic (exact) mass is 154 g/mol. The zero-order valence-corrected chi connectivity index (χ0v) is 5.87. The molecule has 11 heavy (non-hydrogen) atoms. The topological polar surface area (TPSA) is 56.5 Å². The molecule has 0 fully saturated rings. The first kappa shape index (κ1) is 7.53. The van der Waals surface area contributed by atoms with Gasteiger partial charge < -0.3 is 9.15 Å². The lowest BCUT2D eigenvalue weighted by Gasteiger charge is -1.95. The van der Waals surface area contributed by atoms with E-state index in [-0.39, 0.29) is 16.9 Å². The summed E-state index contributed by atoms with van der Waals surface area (Å²) in [5.41, 5.74) is -0.360. The number of carbonyl (C=O) groups is 1. The summed E-state index contributed by atoms with van der Waals surface area (Å²) in [5, 5.41) is 0. The highest BCUT2D eigenvalue weighted by atomic mass is 16.5. The lowest BCUT2D eigenvalue weighted by atomic mass is 10.4. The Hall–Kier alpha value is -1.58. The lowest BCUT2D eigenvalue weighted by Crippen LogP contribution is -2.04. The van der Waals surface area contributed by atoms with Gasteiger partial charge in [-0.3, -0.25) is 9.59 Å². The Morgan fingerprint density at radius 3 is 2.82 bits per heavy atom. The molecule has 4 heteroatoms. The van der Waals surface area contributed by atoms with Crippen LogP contribution in [0.4, 0.5) is 0 Å². The first-order chi connectivity index (χ1) is 5.27. The van der Waals surface area contributed by atoms with E-state index in [1.807, 2.05) is 0 Å². The second kappa shape index (κ2) is 3.01. The lowest BCUT2D eigenvalue weighted by molar-refractivity contribution is 0.109. The maximum absolute atomic E-state index is 10.9. The summed E-state index contributed by atoms with van der Waals surface area (Å²) in [7, 11) is 1.35. The molecule has 0 N–H and O–H groups in total. The minimum Gasteiger partial charge on any atom is -0.490 e. The standard InChI is InChI=1S/C7H6O4/c1-10-7-4-11-5(3-8)2-6(7)9/h2-4H,1H3. The molecular weight excluding hydrogens is 148 g/mol. The molecular formula is C7H6O4. The van der Waals surface area contributed by atoms with Gasteiger partial charge in [0.05, 0.1) is 7.11 Å². The van der Waals surface area contributed by atoms with Crippen molar-refractivity contribution in [1.29, 1.82) is 0 Å². The third-order valence-corrected chi connectivity index (χ3v) is 1.15. The SMILES string of the molecule is COc1coc(C=O)cc1=O. The normalized spacial score (nSPS) is 9.18. The van der Waals surface area contributed by atoms with Crippen molar-refractivity contribution in [2.45, 2.75) is 0 Å². The van der Waals surface area contributed by atoms with Gasteiger partial charge in [0.1, 0.15) is 6.26 Å². The van der Waals surface area contributed by atoms with Crippen molar-refractivity contribution in [2.24, 2.45) is 0 Å². The summed E-state index contributed by atoms with van der Waals surface area (Å²) < 4.78 is 9.31. The van der Waals surface area contributed by atoms with Gasteiger partial charge in [-0.05, 0) is 0 Å². The Morgan fingerprint density at radius 2 is 2.36 bits per heavy atom. The van der Waals surface area contributed by atoms with Gasteiger partial charge in [0, 0.05) is 6.07 Å². The number of hydrogen-bond acceptors (Lipinski definition) is 4. The maximum atomic E-state index is 10.9. The molecule has 4 nitrogen and oxygen atoms in total. The minimum absolute atomic E-state index is 0.00389. The smallest absolute Gasteiger partial charge is 0.227 e. The van der Waals surface area contributed by atoms with Crippen LogP contribution < -0.4 is 10.2 Å². The van der Waals surface area contributed by atoms with Crippen LogP contribution in [0.5, 0.6) is 5.75 Å². The Kier molecular flexibility index (Phi) is 2.06. The van der Waals surface area contributed by atoms with Crippen molar-refractivity contribution in [2.75, 3.05) is 7.11 Å². The van der Waals surface area contributed by atoms with Gasteiger partial charge in [-0.1, -0.05) is 0 Å². The van der Waals surface area contributed by atoms with Crippen LogP contribution in [0.2, 0.25) is 0 Å². The molecule has 1 aromatic heterocycles. The number of carbonyl (C=O) groups excluding carboxylic acids is 1.